The van der Waals surface area contributed by atoms with Gasteiger partial charge in [-0.2, -0.15) is 0 Å². The Morgan fingerprint density at radius 3 is 2.89 bits per heavy atom. The molecule has 3 atom stereocenters. The highest BCUT2D eigenvalue weighted by molar-refractivity contribution is 5.22. The van der Waals surface area contributed by atoms with Crippen LogP contribution in [0.25, 0.3) is 0 Å². The molecule has 1 aromatic rings. The maximum absolute atomic E-state index is 13.3. The third-order valence-corrected chi connectivity index (χ3v) is 4.05. The lowest BCUT2D eigenvalue weighted by atomic mass is 9.87. The fraction of sp³-hybridized carbons (Fsp3) is 0.600. The average molecular weight is 250 g/mol. The number of nitrogens with zero attached hydrogens (tertiary/aromatic N) is 1. The molecule has 100 valence electrons. The van der Waals surface area contributed by atoms with Crippen molar-refractivity contribution in [1.82, 2.24) is 4.90 Å². The highest BCUT2D eigenvalue weighted by Gasteiger charge is 2.28. The van der Waals surface area contributed by atoms with E-state index in [0.717, 1.165) is 31.5 Å². The molecule has 0 radical (unpaired) electrons. The van der Waals surface area contributed by atoms with Crippen LogP contribution in [-0.4, -0.2) is 30.1 Å². The van der Waals surface area contributed by atoms with Crippen molar-refractivity contribution < 1.29 is 4.39 Å². The molecule has 3 heteroatoms. The van der Waals surface area contributed by atoms with Crippen LogP contribution in [0.15, 0.2) is 24.3 Å². The molecule has 2 nitrogen and oxygen atoms in total. The van der Waals surface area contributed by atoms with Crippen LogP contribution in [-0.2, 0) is 0 Å². The minimum atomic E-state index is -0.151. The number of piperidine rings is 1. The van der Waals surface area contributed by atoms with E-state index in [0.29, 0.717) is 12.0 Å². The van der Waals surface area contributed by atoms with Gasteiger partial charge >= 0.3 is 0 Å². The van der Waals surface area contributed by atoms with Crippen molar-refractivity contribution >= 4 is 0 Å². The third kappa shape index (κ3) is 3.09. The highest BCUT2D eigenvalue weighted by Crippen LogP contribution is 2.28. The molecule has 1 saturated heterocycles. The molecular formula is C15H23FN2. The molecule has 0 aliphatic carbocycles. The Morgan fingerprint density at radius 1 is 1.44 bits per heavy atom. The molecule has 2 rings (SSSR count). The van der Waals surface area contributed by atoms with Gasteiger partial charge in [0.1, 0.15) is 5.82 Å². The van der Waals surface area contributed by atoms with Crippen molar-refractivity contribution in [1.29, 1.82) is 0 Å². The fourth-order valence-corrected chi connectivity index (χ4v) is 2.79. The third-order valence-electron chi connectivity index (χ3n) is 4.05. The lowest BCUT2D eigenvalue weighted by Crippen LogP contribution is -2.49. The molecule has 1 fully saturated rings. The number of hydrogen-bond acceptors (Lipinski definition) is 2. The first-order chi connectivity index (χ1) is 8.60. The summed E-state index contributed by atoms with van der Waals surface area (Å²) in [5, 5.41) is 0. The van der Waals surface area contributed by atoms with Gasteiger partial charge < -0.3 is 5.73 Å². The van der Waals surface area contributed by atoms with Crippen LogP contribution < -0.4 is 5.73 Å². The molecule has 1 aromatic carbocycles. The standard InChI is InChI=1S/C15H23FN2/c1-3-11(2)18-9-13(8-15(17)10-18)12-5-4-6-14(16)7-12/h4-7,11,13,15H,3,8-10,17H2,1-2H3. The number of halogens is 1. The van der Waals surface area contributed by atoms with E-state index in [1.807, 2.05) is 6.07 Å². The number of nitrogens with two attached hydrogens (primary N) is 1. The van der Waals surface area contributed by atoms with Crippen molar-refractivity contribution in [3.63, 3.8) is 0 Å². The zero-order valence-electron chi connectivity index (χ0n) is 11.3. The quantitative estimate of drug-likeness (QED) is 0.893. The van der Waals surface area contributed by atoms with Crippen molar-refractivity contribution in [3.05, 3.63) is 35.6 Å². The zero-order valence-corrected chi connectivity index (χ0v) is 11.3. The predicted molar refractivity (Wildman–Crippen MR) is 73.1 cm³/mol. The molecule has 1 aliphatic heterocycles. The summed E-state index contributed by atoms with van der Waals surface area (Å²) in [6.45, 7) is 6.38. The Hall–Kier alpha value is -0.930. The predicted octanol–water partition coefficient (Wildman–Crippen LogP) is 2.74. The van der Waals surface area contributed by atoms with Crippen LogP contribution in [0.5, 0.6) is 0 Å². The Bertz CT molecular complexity index is 394. The minimum absolute atomic E-state index is 0.151. The monoisotopic (exact) mass is 250 g/mol. The molecule has 0 saturated carbocycles. The number of rotatable bonds is 3. The summed E-state index contributed by atoms with van der Waals surface area (Å²) in [5.41, 5.74) is 7.23. The van der Waals surface area contributed by atoms with E-state index in [1.165, 1.54) is 6.07 Å². The Labute approximate surface area is 109 Å². The molecule has 0 aromatic heterocycles. The van der Waals surface area contributed by atoms with Gasteiger partial charge in [0.15, 0.2) is 0 Å². The zero-order chi connectivity index (χ0) is 13.1. The SMILES string of the molecule is CCC(C)N1CC(N)CC(c2cccc(F)c2)C1. The van der Waals surface area contributed by atoms with Gasteiger partial charge in [0.05, 0.1) is 0 Å². The summed E-state index contributed by atoms with van der Waals surface area (Å²) < 4.78 is 13.3. The van der Waals surface area contributed by atoms with Gasteiger partial charge in [0, 0.05) is 25.2 Å². The molecule has 2 N–H and O–H groups in total. The topological polar surface area (TPSA) is 29.3 Å². The second-order valence-electron chi connectivity index (χ2n) is 5.46. The molecule has 1 aliphatic rings. The molecule has 0 bridgehead atoms. The molecule has 0 amide bonds. The first-order valence-corrected chi connectivity index (χ1v) is 6.85. The first kappa shape index (κ1) is 13.5. The first-order valence-electron chi connectivity index (χ1n) is 6.85. The van der Waals surface area contributed by atoms with Crippen LogP contribution >= 0.6 is 0 Å². The van der Waals surface area contributed by atoms with Gasteiger partial charge in [-0.25, -0.2) is 4.39 Å². The van der Waals surface area contributed by atoms with Gasteiger partial charge in [0.25, 0.3) is 0 Å². The van der Waals surface area contributed by atoms with Gasteiger partial charge in [-0.15, -0.1) is 0 Å². The minimum Gasteiger partial charge on any atom is -0.327 e. The van der Waals surface area contributed by atoms with E-state index in [2.05, 4.69) is 18.7 Å². The van der Waals surface area contributed by atoms with E-state index in [1.54, 1.807) is 12.1 Å². The Balaban J connectivity index is 2.13. The van der Waals surface area contributed by atoms with E-state index in [4.69, 9.17) is 5.73 Å². The molecule has 1 heterocycles. The summed E-state index contributed by atoms with van der Waals surface area (Å²) >= 11 is 0. The Morgan fingerprint density at radius 2 is 2.22 bits per heavy atom. The second kappa shape index (κ2) is 5.81. The number of hydrogen-bond donors (Lipinski definition) is 1. The molecule has 3 unspecified atom stereocenters. The van der Waals surface area contributed by atoms with Crippen molar-refractivity contribution in [2.24, 2.45) is 5.73 Å². The smallest absolute Gasteiger partial charge is 0.123 e. The summed E-state index contributed by atoms with van der Waals surface area (Å²) in [6.07, 6.45) is 2.08. The van der Waals surface area contributed by atoms with Gasteiger partial charge in [0.2, 0.25) is 0 Å². The summed E-state index contributed by atoms with van der Waals surface area (Å²) in [6, 6.07) is 7.70. The molecular weight excluding hydrogens is 227 g/mol. The van der Waals surface area contributed by atoms with Crippen LogP contribution in [0.4, 0.5) is 4.39 Å². The average Bonchev–Trinajstić information content (AvgIpc) is 2.37. The van der Waals surface area contributed by atoms with Crippen LogP contribution in [0.3, 0.4) is 0 Å². The highest BCUT2D eigenvalue weighted by atomic mass is 19.1. The normalized spacial score (nSPS) is 27.1. The lowest BCUT2D eigenvalue weighted by Gasteiger charge is -2.39. The molecule has 18 heavy (non-hydrogen) atoms. The summed E-state index contributed by atoms with van der Waals surface area (Å²) in [4.78, 5) is 2.43. The van der Waals surface area contributed by atoms with E-state index >= 15 is 0 Å². The number of likely N-dealkylation sites (tertiary alicyclic amines) is 1. The van der Waals surface area contributed by atoms with Crippen LogP contribution in [0, 0.1) is 5.82 Å². The van der Waals surface area contributed by atoms with Gasteiger partial charge in [-0.05, 0) is 43.4 Å². The largest absolute Gasteiger partial charge is 0.327 e. The van der Waals surface area contributed by atoms with Crippen LogP contribution in [0.1, 0.15) is 38.2 Å². The van der Waals surface area contributed by atoms with E-state index in [-0.39, 0.29) is 11.9 Å². The fourth-order valence-electron chi connectivity index (χ4n) is 2.79. The summed E-state index contributed by atoms with van der Waals surface area (Å²) in [5.74, 6) is 0.209. The summed E-state index contributed by atoms with van der Waals surface area (Å²) in [7, 11) is 0. The maximum atomic E-state index is 13.3. The second-order valence-corrected chi connectivity index (χ2v) is 5.46. The van der Waals surface area contributed by atoms with Gasteiger partial charge in [-0.1, -0.05) is 19.1 Å². The van der Waals surface area contributed by atoms with Crippen molar-refractivity contribution in [2.45, 2.75) is 44.7 Å². The van der Waals surface area contributed by atoms with Crippen molar-refractivity contribution in [2.75, 3.05) is 13.1 Å². The van der Waals surface area contributed by atoms with E-state index < -0.39 is 0 Å². The maximum Gasteiger partial charge on any atom is 0.123 e. The lowest BCUT2D eigenvalue weighted by molar-refractivity contribution is 0.140. The van der Waals surface area contributed by atoms with E-state index in [9.17, 15) is 4.39 Å². The Kier molecular flexibility index (Phi) is 4.36. The van der Waals surface area contributed by atoms with Crippen molar-refractivity contribution in [3.8, 4) is 0 Å². The molecule has 0 spiro atoms. The number of benzene rings is 1. The van der Waals surface area contributed by atoms with Gasteiger partial charge in [-0.3, -0.25) is 4.90 Å². The van der Waals surface area contributed by atoms with Crippen LogP contribution in [0.2, 0.25) is 0 Å².